The van der Waals surface area contributed by atoms with Crippen LogP contribution in [0.3, 0.4) is 0 Å². The van der Waals surface area contributed by atoms with Crippen molar-refractivity contribution in [2.24, 2.45) is 0 Å². The van der Waals surface area contributed by atoms with E-state index in [-0.39, 0.29) is 6.61 Å². The lowest BCUT2D eigenvalue weighted by Gasteiger charge is -2.12. The van der Waals surface area contributed by atoms with Crippen LogP contribution in [0.5, 0.6) is 11.5 Å². The molecule has 3 heteroatoms. The summed E-state index contributed by atoms with van der Waals surface area (Å²) in [6, 6.07) is 6.30. The summed E-state index contributed by atoms with van der Waals surface area (Å²) >= 11 is 0. The van der Waals surface area contributed by atoms with Crippen molar-refractivity contribution in [3.63, 3.8) is 0 Å². The van der Waals surface area contributed by atoms with Crippen molar-refractivity contribution in [3.05, 3.63) is 23.8 Å². The third-order valence-electron chi connectivity index (χ3n) is 2.25. The molecule has 0 aromatic heterocycles. The summed E-state index contributed by atoms with van der Waals surface area (Å²) in [5.41, 5.74) is 1.16. The van der Waals surface area contributed by atoms with E-state index in [0.29, 0.717) is 17.5 Å². The Kier molecular flexibility index (Phi) is 5.38. The normalized spacial score (nSPS) is 10.1. The number of hydrogen-bond donors (Lipinski definition) is 1. The van der Waals surface area contributed by atoms with Gasteiger partial charge in [-0.05, 0) is 17.7 Å². The zero-order valence-electron chi connectivity index (χ0n) is 10.6. The minimum absolute atomic E-state index is 0.250. The van der Waals surface area contributed by atoms with Gasteiger partial charge in [-0.2, -0.15) is 0 Å². The minimum Gasteiger partial charge on any atom is -0.493 e. The van der Waals surface area contributed by atoms with Crippen molar-refractivity contribution in [3.8, 4) is 23.8 Å². The van der Waals surface area contributed by atoms with E-state index >= 15 is 0 Å². The molecule has 1 aromatic rings. The first-order chi connectivity index (χ1) is 8.17. The zero-order chi connectivity index (χ0) is 12.7. The Balaban J connectivity index is 2.74. The van der Waals surface area contributed by atoms with Gasteiger partial charge in [0.05, 0.1) is 7.11 Å². The summed E-state index contributed by atoms with van der Waals surface area (Å²) in [5, 5.41) is 3.35. The first-order valence-electron chi connectivity index (χ1n) is 5.64. The van der Waals surface area contributed by atoms with E-state index in [1.54, 1.807) is 7.11 Å². The number of benzene rings is 1. The van der Waals surface area contributed by atoms with Gasteiger partial charge in [-0.1, -0.05) is 25.8 Å². The van der Waals surface area contributed by atoms with Gasteiger partial charge in [-0.25, -0.2) is 0 Å². The van der Waals surface area contributed by atoms with Crippen molar-refractivity contribution in [1.82, 2.24) is 5.32 Å². The first-order valence-corrected chi connectivity index (χ1v) is 5.64. The van der Waals surface area contributed by atoms with Crippen LogP contribution in [0.25, 0.3) is 0 Å². The molecule has 0 heterocycles. The monoisotopic (exact) mass is 233 g/mol. The van der Waals surface area contributed by atoms with E-state index in [1.165, 1.54) is 0 Å². The van der Waals surface area contributed by atoms with Crippen molar-refractivity contribution in [1.29, 1.82) is 0 Å². The molecule has 17 heavy (non-hydrogen) atoms. The van der Waals surface area contributed by atoms with Crippen LogP contribution < -0.4 is 14.8 Å². The third-order valence-corrected chi connectivity index (χ3v) is 2.25. The van der Waals surface area contributed by atoms with Crippen LogP contribution in [0.2, 0.25) is 0 Å². The second-order valence-corrected chi connectivity index (χ2v) is 4.01. The Morgan fingerprint density at radius 3 is 2.71 bits per heavy atom. The Morgan fingerprint density at radius 2 is 2.12 bits per heavy atom. The van der Waals surface area contributed by atoms with E-state index < -0.39 is 0 Å². The number of rotatable bonds is 6. The molecule has 0 aliphatic rings. The smallest absolute Gasteiger partial charge is 0.162 e. The van der Waals surface area contributed by atoms with E-state index in [1.807, 2.05) is 18.2 Å². The molecule has 0 aliphatic heterocycles. The second-order valence-electron chi connectivity index (χ2n) is 4.01. The molecule has 0 spiro atoms. The molecule has 0 bridgehead atoms. The number of terminal acetylenes is 1. The molecular formula is C14H19NO2. The number of ether oxygens (including phenoxy) is 2. The van der Waals surface area contributed by atoms with E-state index in [4.69, 9.17) is 15.9 Å². The van der Waals surface area contributed by atoms with Crippen LogP contribution in [0, 0.1) is 12.3 Å². The van der Waals surface area contributed by atoms with Gasteiger partial charge in [-0.15, -0.1) is 6.42 Å². The highest BCUT2D eigenvalue weighted by molar-refractivity contribution is 5.43. The Bertz CT molecular complexity index is 394. The molecule has 0 amide bonds. The molecule has 92 valence electrons. The fraction of sp³-hybridized carbons (Fsp3) is 0.429. The lowest BCUT2D eigenvalue weighted by molar-refractivity contribution is 0.330. The molecule has 0 atom stereocenters. The van der Waals surface area contributed by atoms with Gasteiger partial charge in [0.25, 0.3) is 0 Å². The number of nitrogens with one attached hydrogen (secondary N) is 1. The largest absolute Gasteiger partial charge is 0.493 e. The van der Waals surface area contributed by atoms with Crippen molar-refractivity contribution in [2.75, 3.05) is 13.7 Å². The summed E-state index contributed by atoms with van der Waals surface area (Å²) in [6.45, 7) is 5.28. The summed E-state index contributed by atoms with van der Waals surface area (Å²) in [4.78, 5) is 0. The van der Waals surface area contributed by atoms with Crippen LogP contribution in [0.1, 0.15) is 19.4 Å². The number of methoxy groups -OCH3 is 1. The topological polar surface area (TPSA) is 30.5 Å². The van der Waals surface area contributed by atoms with Gasteiger partial charge in [0, 0.05) is 12.6 Å². The Morgan fingerprint density at radius 1 is 1.35 bits per heavy atom. The zero-order valence-corrected chi connectivity index (χ0v) is 10.6. The fourth-order valence-corrected chi connectivity index (χ4v) is 1.38. The Labute approximate surface area is 103 Å². The lowest BCUT2D eigenvalue weighted by Crippen LogP contribution is -2.21. The van der Waals surface area contributed by atoms with Crippen LogP contribution in [-0.4, -0.2) is 19.8 Å². The van der Waals surface area contributed by atoms with Crippen LogP contribution in [0.4, 0.5) is 0 Å². The average molecular weight is 233 g/mol. The molecule has 0 saturated carbocycles. The van der Waals surface area contributed by atoms with Crippen LogP contribution in [0.15, 0.2) is 18.2 Å². The van der Waals surface area contributed by atoms with Gasteiger partial charge in [-0.3, -0.25) is 0 Å². The lowest BCUT2D eigenvalue weighted by atomic mass is 10.2. The maximum Gasteiger partial charge on any atom is 0.162 e. The summed E-state index contributed by atoms with van der Waals surface area (Å²) < 4.78 is 10.6. The van der Waals surface area contributed by atoms with Gasteiger partial charge < -0.3 is 14.8 Å². The molecule has 1 N–H and O–H groups in total. The molecule has 0 radical (unpaired) electrons. The maximum absolute atomic E-state index is 5.38. The average Bonchev–Trinajstić information content (AvgIpc) is 2.34. The fourth-order valence-electron chi connectivity index (χ4n) is 1.38. The highest BCUT2D eigenvalue weighted by atomic mass is 16.5. The summed E-state index contributed by atoms with van der Waals surface area (Å²) in [6.07, 6.45) is 5.15. The van der Waals surface area contributed by atoms with Gasteiger partial charge in [0.1, 0.15) is 6.61 Å². The number of hydrogen-bond acceptors (Lipinski definition) is 3. The minimum atomic E-state index is 0.250. The SMILES string of the molecule is C#CCOc1ccc(CNC(C)C)cc1OC. The predicted octanol–water partition coefficient (Wildman–Crippen LogP) is 2.21. The predicted molar refractivity (Wildman–Crippen MR) is 69.3 cm³/mol. The maximum atomic E-state index is 5.38. The molecular weight excluding hydrogens is 214 g/mol. The molecule has 3 nitrogen and oxygen atoms in total. The first kappa shape index (κ1) is 13.4. The highest BCUT2D eigenvalue weighted by Crippen LogP contribution is 2.27. The van der Waals surface area contributed by atoms with Gasteiger partial charge in [0.2, 0.25) is 0 Å². The highest BCUT2D eigenvalue weighted by Gasteiger charge is 2.05. The quantitative estimate of drug-likeness (QED) is 0.764. The third kappa shape index (κ3) is 4.38. The molecule has 0 saturated heterocycles. The Hall–Kier alpha value is -1.66. The van der Waals surface area contributed by atoms with Crippen molar-refractivity contribution < 1.29 is 9.47 Å². The molecule has 0 fully saturated rings. The molecule has 0 aliphatic carbocycles. The van der Waals surface area contributed by atoms with Crippen LogP contribution in [-0.2, 0) is 6.54 Å². The standard InChI is InChI=1S/C14H19NO2/c1-5-8-17-13-7-6-12(9-14(13)16-4)10-15-11(2)3/h1,6-7,9,11,15H,8,10H2,2-4H3. The molecule has 1 rings (SSSR count). The van der Waals surface area contributed by atoms with Crippen molar-refractivity contribution in [2.45, 2.75) is 26.4 Å². The van der Waals surface area contributed by atoms with Gasteiger partial charge >= 0.3 is 0 Å². The van der Waals surface area contributed by atoms with E-state index in [0.717, 1.165) is 12.1 Å². The van der Waals surface area contributed by atoms with Crippen LogP contribution >= 0.6 is 0 Å². The summed E-state index contributed by atoms with van der Waals surface area (Å²) in [7, 11) is 1.62. The molecule has 1 aromatic carbocycles. The van der Waals surface area contributed by atoms with Gasteiger partial charge in [0.15, 0.2) is 11.5 Å². The summed E-state index contributed by atoms with van der Waals surface area (Å²) in [5.74, 6) is 3.82. The van der Waals surface area contributed by atoms with E-state index in [2.05, 4.69) is 25.1 Å². The van der Waals surface area contributed by atoms with E-state index in [9.17, 15) is 0 Å². The van der Waals surface area contributed by atoms with Crippen molar-refractivity contribution >= 4 is 0 Å². The molecule has 0 unspecified atom stereocenters. The second kappa shape index (κ2) is 6.82.